The monoisotopic (exact) mass is 388 g/mol. The second kappa shape index (κ2) is 6.67. The van der Waals surface area contributed by atoms with Crippen LogP contribution >= 0.6 is 22.9 Å². The molecule has 136 valence electrons. The van der Waals surface area contributed by atoms with Crippen LogP contribution < -0.4 is 5.32 Å². The molecule has 1 aliphatic rings. The third-order valence-electron chi connectivity index (χ3n) is 5.16. The fourth-order valence-corrected chi connectivity index (χ4v) is 4.78. The number of rotatable bonds is 4. The van der Waals surface area contributed by atoms with Gasteiger partial charge in [-0.3, -0.25) is 9.48 Å². The summed E-state index contributed by atoms with van der Waals surface area (Å²) in [5.41, 5.74) is 3.55. The minimum atomic E-state index is -0.0353. The van der Waals surface area contributed by atoms with Gasteiger partial charge in [-0.25, -0.2) is 4.98 Å². The first-order valence-corrected chi connectivity index (χ1v) is 10.0. The van der Waals surface area contributed by atoms with Crippen LogP contribution in [0.4, 0.5) is 0 Å². The number of hydrogen-bond acceptors (Lipinski definition) is 4. The van der Waals surface area contributed by atoms with Gasteiger partial charge in [0.2, 0.25) is 0 Å². The largest absolute Gasteiger partial charge is 0.351 e. The summed E-state index contributed by atoms with van der Waals surface area (Å²) in [7, 11) is 1.87. The molecule has 0 bridgehead atoms. The van der Waals surface area contributed by atoms with Crippen LogP contribution in [0.3, 0.4) is 0 Å². The first-order chi connectivity index (χ1) is 12.5. The third-order valence-corrected chi connectivity index (χ3v) is 6.80. The molecular weight excluding hydrogens is 368 g/mol. The van der Waals surface area contributed by atoms with Crippen molar-refractivity contribution in [2.24, 2.45) is 13.0 Å². The molecule has 3 aromatic heterocycles. The summed E-state index contributed by atoms with van der Waals surface area (Å²) in [5, 5.41) is 9.00. The van der Waals surface area contributed by atoms with Gasteiger partial charge in [-0.2, -0.15) is 5.10 Å². The number of carbonyl (C=O) groups is 1. The summed E-state index contributed by atoms with van der Waals surface area (Å²) in [6.45, 7) is 4.63. The zero-order valence-electron chi connectivity index (χ0n) is 15.1. The fraction of sp³-hybridized carbons (Fsp3) is 0.421. The van der Waals surface area contributed by atoms with E-state index in [9.17, 15) is 4.79 Å². The van der Waals surface area contributed by atoms with Crippen LogP contribution in [0.5, 0.6) is 0 Å². The van der Waals surface area contributed by atoms with Crippen LogP contribution in [0, 0.1) is 19.8 Å². The highest BCUT2D eigenvalue weighted by atomic mass is 35.5. The van der Waals surface area contributed by atoms with Crippen molar-refractivity contribution >= 4 is 39.1 Å². The molecule has 0 aliphatic heterocycles. The minimum absolute atomic E-state index is 0.0353. The number of hydrogen-bond donors (Lipinski definition) is 1. The Hall–Kier alpha value is -1.92. The number of aromatic nitrogens is 3. The highest BCUT2D eigenvalue weighted by Gasteiger charge is 2.25. The minimum Gasteiger partial charge on any atom is -0.351 e. The van der Waals surface area contributed by atoms with Gasteiger partial charge in [-0.15, -0.1) is 11.3 Å². The summed E-state index contributed by atoms with van der Waals surface area (Å²) in [5.74, 6) is 0.582. The van der Waals surface area contributed by atoms with Crippen LogP contribution in [0.15, 0.2) is 12.4 Å². The molecule has 26 heavy (non-hydrogen) atoms. The van der Waals surface area contributed by atoms with Gasteiger partial charge in [0.1, 0.15) is 9.71 Å². The highest BCUT2D eigenvalue weighted by molar-refractivity contribution is 7.21. The summed E-state index contributed by atoms with van der Waals surface area (Å²) >= 11 is 7.89. The molecule has 0 aromatic carbocycles. The smallest absolute Gasteiger partial charge is 0.262 e. The molecule has 1 N–H and O–H groups in total. The van der Waals surface area contributed by atoms with Gasteiger partial charge >= 0.3 is 0 Å². The number of fused-ring (bicyclic) bond motifs is 1. The van der Waals surface area contributed by atoms with Crippen LogP contribution in [-0.4, -0.2) is 27.2 Å². The van der Waals surface area contributed by atoms with Gasteiger partial charge in [0.05, 0.1) is 16.9 Å². The molecule has 0 unspecified atom stereocenters. The molecule has 7 heteroatoms. The number of carbonyl (C=O) groups excluding carboxylic acids is 1. The zero-order chi connectivity index (χ0) is 18.4. The molecule has 3 heterocycles. The van der Waals surface area contributed by atoms with E-state index in [1.54, 1.807) is 10.9 Å². The summed E-state index contributed by atoms with van der Waals surface area (Å²) in [6, 6.07) is 0. The average Bonchev–Trinajstić information content (AvgIpc) is 3.14. The van der Waals surface area contributed by atoms with Gasteiger partial charge in [0.25, 0.3) is 5.91 Å². The molecule has 1 saturated carbocycles. The fourth-order valence-electron chi connectivity index (χ4n) is 3.43. The van der Waals surface area contributed by atoms with E-state index in [0.717, 1.165) is 39.1 Å². The number of pyridine rings is 1. The average molecular weight is 389 g/mol. The van der Waals surface area contributed by atoms with Crippen molar-refractivity contribution in [3.8, 4) is 11.1 Å². The Labute approximate surface area is 161 Å². The van der Waals surface area contributed by atoms with Crippen molar-refractivity contribution in [3.63, 3.8) is 0 Å². The topological polar surface area (TPSA) is 59.8 Å². The van der Waals surface area contributed by atoms with Gasteiger partial charge in [0.15, 0.2) is 0 Å². The van der Waals surface area contributed by atoms with Crippen LogP contribution in [-0.2, 0) is 7.05 Å². The zero-order valence-corrected chi connectivity index (χ0v) is 16.7. The second-order valence-electron chi connectivity index (χ2n) is 7.03. The van der Waals surface area contributed by atoms with Gasteiger partial charge in [-0.1, -0.05) is 18.0 Å². The normalized spacial score (nSPS) is 14.6. The van der Waals surface area contributed by atoms with E-state index in [4.69, 9.17) is 11.6 Å². The van der Waals surface area contributed by atoms with Crippen LogP contribution in [0.1, 0.15) is 40.2 Å². The molecular formula is C19H21ClN4OS. The first kappa shape index (κ1) is 17.5. The lowest BCUT2D eigenvalue weighted by Gasteiger charge is -2.25. The SMILES string of the molecule is Cc1nc2sc(C(=O)NCC3CCC3)c(-c3cnn(C)c3)c2c(C)c1Cl. The Morgan fingerprint density at radius 2 is 2.19 bits per heavy atom. The van der Waals surface area contributed by atoms with E-state index in [2.05, 4.69) is 15.4 Å². The molecule has 0 radical (unpaired) electrons. The molecule has 5 nitrogen and oxygen atoms in total. The number of nitrogens with one attached hydrogen (secondary N) is 1. The lowest BCUT2D eigenvalue weighted by molar-refractivity contribution is 0.0944. The highest BCUT2D eigenvalue weighted by Crippen LogP contribution is 2.42. The van der Waals surface area contributed by atoms with Gasteiger partial charge < -0.3 is 5.32 Å². The molecule has 0 saturated heterocycles. The molecule has 1 aliphatic carbocycles. The number of thiophene rings is 1. The molecule has 0 atom stereocenters. The van der Waals surface area contributed by atoms with Crippen molar-refractivity contribution in [2.75, 3.05) is 6.54 Å². The van der Waals surface area contributed by atoms with Crippen molar-refractivity contribution in [1.82, 2.24) is 20.1 Å². The Bertz CT molecular complexity index is 1000. The quantitative estimate of drug-likeness (QED) is 0.715. The molecule has 1 amide bonds. The van der Waals surface area contributed by atoms with Gasteiger partial charge in [0, 0.05) is 36.3 Å². The molecule has 3 aromatic rings. The lowest BCUT2D eigenvalue weighted by atomic mass is 9.85. The number of amides is 1. The Morgan fingerprint density at radius 1 is 1.42 bits per heavy atom. The predicted molar refractivity (Wildman–Crippen MR) is 106 cm³/mol. The number of aryl methyl sites for hydroxylation is 3. The maximum absolute atomic E-state index is 13.0. The summed E-state index contributed by atoms with van der Waals surface area (Å²) in [4.78, 5) is 19.1. The van der Waals surface area contributed by atoms with E-state index in [1.165, 1.54) is 30.6 Å². The third kappa shape index (κ3) is 2.91. The van der Waals surface area contributed by atoms with E-state index in [1.807, 2.05) is 27.1 Å². The first-order valence-electron chi connectivity index (χ1n) is 8.82. The standard InChI is InChI=1S/C19H21ClN4OS/c1-10-14-15(13-8-22-24(3)9-13)17(18(25)21-7-12-5-4-6-12)26-19(14)23-11(2)16(10)20/h8-9,12H,4-7H2,1-3H3,(H,21,25). The van der Waals surface area contributed by atoms with Crippen molar-refractivity contribution in [3.05, 3.63) is 33.6 Å². The maximum Gasteiger partial charge on any atom is 0.262 e. The molecule has 1 fully saturated rings. The predicted octanol–water partition coefficient (Wildman–Crippen LogP) is 4.50. The van der Waals surface area contributed by atoms with E-state index in [0.29, 0.717) is 15.8 Å². The van der Waals surface area contributed by atoms with E-state index in [-0.39, 0.29) is 5.91 Å². The Balaban J connectivity index is 1.85. The maximum atomic E-state index is 13.0. The number of nitrogens with zero attached hydrogens (tertiary/aromatic N) is 3. The lowest BCUT2D eigenvalue weighted by Crippen LogP contribution is -2.31. The van der Waals surface area contributed by atoms with Crippen molar-refractivity contribution in [1.29, 1.82) is 0 Å². The Morgan fingerprint density at radius 3 is 2.81 bits per heavy atom. The number of halogens is 1. The van der Waals surface area contributed by atoms with E-state index < -0.39 is 0 Å². The Kier molecular flexibility index (Phi) is 4.49. The molecule has 4 rings (SSSR count). The molecule has 0 spiro atoms. The van der Waals surface area contributed by atoms with Crippen molar-refractivity contribution in [2.45, 2.75) is 33.1 Å². The van der Waals surface area contributed by atoms with Gasteiger partial charge in [-0.05, 0) is 38.2 Å². The second-order valence-corrected chi connectivity index (χ2v) is 8.41. The van der Waals surface area contributed by atoms with Crippen molar-refractivity contribution < 1.29 is 4.79 Å². The van der Waals surface area contributed by atoms with Crippen LogP contribution in [0.2, 0.25) is 5.02 Å². The summed E-state index contributed by atoms with van der Waals surface area (Å²) in [6.07, 6.45) is 7.40. The van der Waals surface area contributed by atoms with E-state index >= 15 is 0 Å². The summed E-state index contributed by atoms with van der Waals surface area (Å²) < 4.78 is 1.74. The van der Waals surface area contributed by atoms with Crippen LogP contribution in [0.25, 0.3) is 21.3 Å².